The lowest BCUT2D eigenvalue weighted by Crippen LogP contribution is -2.50. The Morgan fingerprint density at radius 2 is 1.79 bits per heavy atom. The van der Waals surface area contributed by atoms with Crippen LogP contribution in [0.25, 0.3) is 0 Å². The van der Waals surface area contributed by atoms with Gasteiger partial charge in [-0.1, -0.05) is 61.4 Å². The van der Waals surface area contributed by atoms with Crippen molar-refractivity contribution in [1.82, 2.24) is 0 Å². The van der Waals surface area contributed by atoms with Crippen molar-refractivity contribution in [2.24, 2.45) is 50.4 Å². The van der Waals surface area contributed by atoms with Gasteiger partial charge >= 0.3 is 0 Å². The van der Waals surface area contributed by atoms with Crippen LogP contribution in [0, 0.1) is 34.5 Å². The first-order valence-corrected chi connectivity index (χ1v) is 13.4. The van der Waals surface area contributed by atoms with Crippen LogP contribution >= 0.6 is 0 Å². The Labute approximate surface area is 204 Å². The fourth-order valence-corrected chi connectivity index (χ4v) is 9.04. The molecule has 1 aliphatic heterocycles. The van der Waals surface area contributed by atoms with Gasteiger partial charge in [-0.15, -0.1) is 10.2 Å². The molecule has 1 aromatic carbocycles. The molecule has 1 aromatic rings. The smallest absolute Gasteiger partial charge is 0.155 e. The Morgan fingerprint density at radius 3 is 2.59 bits per heavy atom. The summed E-state index contributed by atoms with van der Waals surface area (Å²) in [6.45, 7) is 7.39. The third-order valence-electron chi connectivity index (χ3n) is 10.8. The van der Waals surface area contributed by atoms with Crippen LogP contribution in [0.1, 0.15) is 77.7 Å². The third kappa shape index (κ3) is 3.13. The van der Waals surface area contributed by atoms with E-state index in [0.29, 0.717) is 22.6 Å². The standard InChI is InChI=1S/C30H39N3O/c1-18(26-27(32-33-28(26)31)19-7-5-4-6-8-19)23-11-12-24-22-10-9-20-17-21(34)13-15-29(20,2)25(22)14-16-30(23,24)3/h4-9,21-25,34H,10-17H2,1-3H3,(H2,31,33)/b26-18+/t21-,22-,23+,24-,25-,29-,30+/m0/s1. The van der Waals surface area contributed by atoms with E-state index >= 15 is 0 Å². The monoisotopic (exact) mass is 457 g/mol. The first-order chi connectivity index (χ1) is 16.3. The molecule has 0 spiro atoms. The summed E-state index contributed by atoms with van der Waals surface area (Å²) in [4.78, 5) is 0. The number of hydrogen-bond acceptors (Lipinski definition) is 4. The van der Waals surface area contributed by atoms with Crippen molar-refractivity contribution < 1.29 is 5.11 Å². The van der Waals surface area contributed by atoms with Crippen LogP contribution in [0.3, 0.4) is 0 Å². The van der Waals surface area contributed by atoms with Crippen LogP contribution in [-0.2, 0) is 0 Å². The van der Waals surface area contributed by atoms with Gasteiger partial charge in [-0.25, -0.2) is 0 Å². The van der Waals surface area contributed by atoms with Crippen molar-refractivity contribution in [3.8, 4) is 0 Å². The average molecular weight is 458 g/mol. The second kappa shape index (κ2) is 7.91. The van der Waals surface area contributed by atoms with Crippen LogP contribution in [-0.4, -0.2) is 22.8 Å². The summed E-state index contributed by atoms with van der Waals surface area (Å²) in [6.07, 6.45) is 11.8. The maximum absolute atomic E-state index is 10.3. The molecule has 0 unspecified atom stereocenters. The van der Waals surface area contributed by atoms with Crippen molar-refractivity contribution in [2.75, 3.05) is 0 Å². The number of nitrogens with two attached hydrogens (primary N) is 1. The van der Waals surface area contributed by atoms with E-state index in [1.165, 1.54) is 37.7 Å². The summed E-state index contributed by atoms with van der Waals surface area (Å²) in [7, 11) is 0. The van der Waals surface area contributed by atoms with E-state index in [0.717, 1.165) is 53.9 Å². The van der Waals surface area contributed by atoms with Gasteiger partial charge in [-0.05, 0) is 92.8 Å². The molecule has 7 atom stereocenters. The summed E-state index contributed by atoms with van der Waals surface area (Å²) in [5.74, 6) is 3.40. The second-order valence-electron chi connectivity index (χ2n) is 12.2. The number of hydrogen-bond donors (Lipinski definition) is 2. The number of fused-ring (bicyclic) bond motifs is 5. The molecule has 0 amide bonds. The van der Waals surface area contributed by atoms with E-state index in [1.807, 2.05) is 6.07 Å². The molecule has 3 fully saturated rings. The van der Waals surface area contributed by atoms with Crippen molar-refractivity contribution in [3.05, 3.63) is 58.7 Å². The van der Waals surface area contributed by atoms with Gasteiger partial charge in [0, 0.05) is 11.1 Å². The van der Waals surface area contributed by atoms with Gasteiger partial charge in [-0.2, -0.15) is 0 Å². The quantitative estimate of drug-likeness (QED) is 0.533. The molecule has 1 heterocycles. The van der Waals surface area contributed by atoms with Crippen LogP contribution in [0.5, 0.6) is 0 Å². The Kier molecular flexibility index (Phi) is 5.18. The van der Waals surface area contributed by atoms with E-state index in [9.17, 15) is 5.11 Å². The number of amidine groups is 1. The average Bonchev–Trinajstić information content (AvgIpc) is 3.39. The molecule has 5 aliphatic rings. The van der Waals surface area contributed by atoms with Gasteiger partial charge in [0.2, 0.25) is 0 Å². The van der Waals surface area contributed by atoms with E-state index in [1.54, 1.807) is 5.57 Å². The third-order valence-corrected chi connectivity index (χ3v) is 10.8. The number of benzene rings is 1. The van der Waals surface area contributed by atoms with Crippen molar-refractivity contribution >= 4 is 11.5 Å². The molecular weight excluding hydrogens is 418 g/mol. The fourth-order valence-electron chi connectivity index (χ4n) is 9.04. The molecular formula is C30H39N3O. The lowest BCUT2D eigenvalue weighted by atomic mass is 9.47. The minimum Gasteiger partial charge on any atom is -0.393 e. The predicted octanol–water partition coefficient (Wildman–Crippen LogP) is 6.02. The zero-order valence-electron chi connectivity index (χ0n) is 20.9. The van der Waals surface area contributed by atoms with Gasteiger partial charge in [0.15, 0.2) is 5.84 Å². The molecule has 0 saturated heterocycles. The van der Waals surface area contributed by atoms with E-state index in [-0.39, 0.29) is 6.10 Å². The summed E-state index contributed by atoms with van der Waals surface area (Å²) in [6, 6.07) is 10.4. The highest BCUT2D eigenvalue weighted by Crippen LogP contribution is 2.67. The molecule has 0 radical (unpaired) electrons. The van der Waals surface area contributed by atoms with Crippen molar-refractivity contribution in [1.29, 1.82) is 0 Å². The van der Waals surface area contributed by atoms with E-state index < -0.39 is 0 Å². The van der Waals surface area contributed by atoms with Crippen LogP contribution in [0.4, 0.5) is 0 Å². The normalized spacial score (nSPS) is 42.7. The Balaban J connectivity index is 1.33. The number of rotatable bonds is 2. The fraction of sp³-hybridized carbons (Fsp3) is 0.600. The van der Waals surface area contributed by atoms with E-state index in [2.05, 4.69) is 61.3 Å². The number of nitrogens with zero attached hydrogens (tertiary/aromatic N) is 2. The van der Waals surface area contributed by atoms with Gasteiger partial charge in [0.25, 0.3) is 0 Å². The Morgan fingerprint density at radius 1 is 1.00 bits per heavy atom. The highest BCUT2D eigenvalue weighted by Gasteiger charge is 2.59. The summed E-state index contributed by atoms with van der Waals surface area (Å²) < 4.78 is 0. The van der Waals surface area contributed by atoms with Gasteiger partial charge < -0.3 is 10.8 Å². The first kappa shape index (κ1) is 22.3. The van der Waals surface area contributed by atoms with Crippen molar-refractivity contribution in [3.63, 3.8) is 0 Å². The molecule has 6 rings (SSSR count). The highest BCUT2D eigenvalue weighted by molar-refractivity contribution is 6.31. The van der Waals surface area contributed by atoms with Crippen LogP contribution < -0.4 is 5.73 Å². The zero-order valence-corrected chi connectivity index (χ0v) is 20.9. The van der Waals surface area contributed by atoms with Gasteiger partial charge in [-0.3, -0.25) is 0 Å². The molecule has 34 heavy (non-hydrogen) atoms. The lowest BCUT2D eigenvalue weighted by molar-refractivity contribution is -0.0454. The molecule has 180 valence electrons. The predicted molar refractivity (Wildman–Crippen MR) is 139 cm³/mol. The van der Waals surface area contributed by atoms with Crippen LogP contribution in [0.15, 0.2) is 63.3 Å². The largest absolute Gasteiger partial charge is 0.393 e. The lowest BCUT2D eigenvalue weighted by Gasteiger charge is -2.58. The highest BCUT2D eigenvalue weighted by atomic mass is 16.3. The summed E-state index contributed by atoms with van der Waals surface area (Å²) in [5.41, 5.74) is 13.1. The van der Waals surface area contributed by atoms with Gasteiger partial charge in [0.1, 0.15) is 5.71 Å². The summed E-state index contributed by atoms with van der Waals surface area (Å²) in [5, 5.41) is 19.1. The van der Waals surface area contributed by atoms with E-state index in [4.69, 9.17) is 5.73 Å². The minimum absolute atomic E-state index is 0.131. The zero-order chi connectivity index (χ0) is 23.7. The molecule has 3 N–H and O–H groups in total. The topological polar surface area (TPSA) is 71.0 Å². The Hall–Kier alpha value is -2.20. The maximum Gasteiger partial charge on any atom is 0.155 e. The second-order valence-corrected chi connectivity index (χ2v) is 12.2. The Bertz CT molecular complexity index is 1120. The first-order valence-electron chi connectivity index (χ1n) is 13.4. The molecule has 4 aliphatic carbocycles. The minimum atomic E-state index is -0.131. The SMILES string of the molecule is C/C(=C1\C(N)=NN=C1c1ccccc1)[C@H]1CC[C@H]2[C@@H]3CC=C4C[C@@H](O)CC[C@]4(C)[C@H]3CC[C@]12C. The molecule has 4 heteroatoms. The maximum atomic E-state index is 10.3. The molecule has 0 aromatic heterocycles. The number of allylic oxidation sites excluding steroid dienone is 2. The van der Waals surface area contributed by atoms with Crippen molar-refractivity contribution in [2.45, 2.75) is 78.2 Å². The molecule has 3 saturated carbocycles. The number of aliphatic hydroxyl groups is 1. The van der Waals surface area contributed by atoms with Crippen LogP contribution in [0.2, 0.25) is 0 Å². The number of aliphatic hydroxyl groups excluding tert-OH is 1. The molecule has 0 bridgehead atoms. The summed E-state index contributed by atoms with van der Waals surface area (Å²) >= 11 is 0. The van der Waals surface area contributed by atoms with Gasteiger partial charge in [0.05, 0.1) is 6.10 Å². The molecule has 4 nitrogen and oxygen atoms in total.